The third-order valence-corrected chi connectivity index (χ3v) is 5.04. The molecule has 0 atom stereocenters. The molecule has 1 fully saturated rings. The number of halogens is 1. The maximum Gasteiger partial charge on any atom is 0.240 e. The highest BCUT2D eigenvalue weighted by atomic mass is 32.2. The molecule has 2 N–H and O–H groups in total. The van der Waals surface area contributed by atoms with E-state index >= 15 is 0 Å². The summed E-state index contributed by atoms with van der Waals surface area (Å²) in [4.78, 5) is 2.20. The first kappa shape index (κ1) is 15.4. The topological polar surface area (TPSA) is 61.4 Å². The lowest BCUT2D eigenvalue weighted by molar-refractivity contribution is 0.245. The van der Waals surface area contributed by atoms with Crippen LogP contribution in [0.1, 0.15) is 5.56 Å². The molecule has 0 saturated carbocycles. The second-order valence-electron chi connectivity index (χ2n) is 4.85. The summed E-state index contributed by atoms with van der Waals surface area (Å²) in [5.41, 5.74) is 0.155. The lowest BCUT2D eigenvalue weighted by atomic mass is 10.2. The molecule has 1 aromatic carbocycles. The van der Waals surface area contributed by atoms with Gasteiger partial charge in [-0.05, 0) is 19.1 Å². The van der Waals surface area contributed by atoms with Gasteiger partial charge in [0.15, 0.2) is 0 Å². The van der Waals surface area contributed by atoms with E-state index in [4.69, 9.17) is 0 Å². The largest absolute Gasteiger partial charge is 0.314 e. The first-order chi connectivity index (χ1) is 9.50. The van der Waals surface area contributed by atoms with Crippen LogP contribution in [-0.4, -0.2) is 52.6 Å². The van der Waals surface area contributed by atoms with Gasteiger partial charge in [0.25, 0.3) is 0 Å². The summed E-state index contributed by atoms with van der Waals surface area (Å²) in [5, 5.41) is 3.24. The average molecular weight is 301 g/mol. The van der Waals surface area contributed by atoms with Crippen LogP contribution < -0.4 is 10.0 Å². The SMILES string of the molecule is Cc1c(F)cccc1S(=O)(=O)NCCN1CCNCC1. The van der Waals surface area contributed by atoms with Crippen molar-refractivity contribution in [3.05, 3.63) is 29.6 Å². The number of hydrogen-bond donors (Lipinski definition) is 2. The fourth-order valence-corrected chi connectivity index (χ4v) is 3.50. The first-order valence-corrected chi connectivity index (χ1v) is 8.17. The summed E-state index contributed by atoms with van der Waals surface area (Å²) in [7, 11) is -3.65. The molecule has 2 rings (SSSR count). The van der Waals surface area contributed by atoms with Gasteiger partial charge < -0.3 is 5.32 Å². The molecule has 1 aliphatic heterocycles. The van der Waals surface area contributed by atoms with Gasteiger partial charge >= 0.3 is 0 Å². The molecule has 1 aliphatic rings. The van der Waals surface area contributed by atoms with Gasteiger partial charge in [0.1, 0.15) is 5.82 Å². The molecule has 0 bridgehead atoms. The molecule has 1 heterocycles. The smallest absolute Gasteiger partial charge is 0.240 e. The molecular formula is C13H20FN3O2S. The lowest BCUT2D eigenvalue weighted by Gasteiger charge is -2.27. The Morgan fingerprint density at radius 2 is 2.05 bits per heavy atom. The van der Waals surface area contributed by atoms with Gasteiger partial charge in [-0.3, -0.25) is 4.90 Å². The van der Waals surface area contributed by atoms with E-state index in [1.165, 1.54) is 25.1 Å². The molecule has 0 unspecified atom stereocenters. The van der Waals surface area contributed by atoms with Crippen molar-refractivity contribution in [1.29, 1.82) is 0 Å². The Balaban J connectivity index is 1.95. The van der Waals surface area contributed by atoms with Crippen molar-refractivity contribution < 1.29 is 12.8 Å². The summed E-state index contributed by atoms with van der Waals surface area (Å²) < 4.78 is 40.2. The summed E-state index contributed by atoms with van der Waals surface area (Å²) >= 11 is 0. The van der Waals surface area contributed by atoms with Gasteiger partial charge in [0.2, 0.25) is 10.0 Å². The van der Waals surface area contributed by atoms with Crippen molar-refractivity contribution in [3.63, 3.8) is 0 Å². The van der Waals surface area contributed by atoms with Crippen LogP contribution in [-0.2, 0) is 10.0 Å². The molecule has 1 saturated heterocycles. The zero-order chi connectivity index (χ0) is 14.6. The van der Waals surface area contributed by atoms with E-state index in [1.807, 2.05) is 0 Å². The van der Waals surface area contributed by atoms with Crippen molar-refractivity contribution in [2.75, 3.05) is 39.3 Å². The number of sulfonamides is 1. The van der Waals surface area contributed by atoms with E-state index in [0.29, 0.717) is 13.1 Å². The fraction of sp³-hybridized carbons (Fsp3) is 0.538. The lowest BCUT2D eigenvalue weighted by Crippen LogP contribution is -2.46. The fourth-order valence-electron chi connectivity index (χ4n) is 2.23. The molecule has 5 nitrogen and oxygen atoms in total. The third kappa shape index (κ3) is 3.76. The third-order valence-electron chi connectivity index (χ3n) is 3.44. The molecule has 20 heavy (non-hydrogen) atoms. The van der Waals surface area contributed by atoms with Crippen LogP contribution in [0.15, 0.2) is 23.1 Å². The van der Waals surface area contributed by atoms with Crippen LogP contribution in [0.4, 0.5) is 4.39 Å². The number of hydrogen-bond acceptors (Lipinski definition) is 4. The molecule has 0 aromatic heterocycles. The van der Waals surface area contributed by atoms with Crippen molar-refractivity contribution in [1.82, 2.24) is 14.9 Å². The predicted octanol–water partition coefficient (Wildman–Crippen LogP) is 0.318. The summed E-state index contributed by atoms with van der Waals surface area (Å²) in [6.45, 7) is 6.15. The first-order valence-electron chi connectivity index (χ1n) is 6.68. The van der Waals surface area contributed by atoms with Gasteiger partial charge in [-0.2, -0.15) is 0 Å². The van der Waals surface area contributed by atoms with Crippen LogP contribution in [0.3, 0.4) is 0 Å². The van der Waals surface area contributed by atoms with Gasteiger partial charge in [0, 0.05) is 44.8 Å². The van der Waals surface area contributed by atoms with E-state index < -0.39 is 15.8 Å². The maximum atomic E-state index is 13.4. The van der Waals surface area contributed by atoms with Crippen LogP contribution in [0.5, 0.6) is 0 Å². The van der Waals surface area contributed by atoms with Crippen molar-refractivity contribution >= 4 is 10.0 Å². The predicted molar refractivity (Wildman–Crippen MR) is 75.6 cm³/mol. The zero-order valence-corrected chi connectivity index (χ0v) is 12.3. The molecule has 0 aliphatic carbocycles. The van der Waals surface area contributed by atoms with Crippen LogP contribution in [0, 0.1) is 12.7 Å². The van der Waals surface area contributed by atoms with Crippen molar-refractivity contribution in [2.24, 2.45) is 0 Å². The highest BCUT2D eigenvalue weighted by Gasteiger charge is 2.18. The molecule has 0 spiro atoms. The number of nitrogens with zero attached hydrogens (tertiary/aromatic N) is 1. The molecule has 1 aromatic rings. The summed E-state index contributed by atoms with van der Waals surface area (Å²) in [6, 6.07) is 4.09. The molecule has 0 amide bonds. The minimum atomic E-state index is -3.65. The highest BCUT2D eigenvalue weighted by molar-refractivity contribution is 7.89. The van der Waals surface area contributed by atoms with E-state index in [9.17, 15) is 12.8 Å². The number of piperazine rings is 1. The summed E-state index contributed by atoms with van der Waals surface area (Å²) in [6.07, 6.45) is 0. The minimum absolute atomic E-state index is 0.0119. The Morgan fingerprint density at radius 3 is 2.75 bits per heavy atom. The molecule has 112 valence electrons. The molecule has 0 radical (unpaired) electrons. The van der Waals surface area contributed by atoms with Crippen LogP contribution >= 0.6 is 0 Å². The monoisotopic (exact) mass is 301 g/mol. The van der Waals surface area contributed by atoms with E-state index in [1.54, 1.807) is 0 Å². The molecular weight excluding hydrogens is 281 g/mol. The van der Waals surface area contributed by atoms with E-state index in [0.717, 1.165) is 26.2 Å². The number of nitrogens with one attached hydrogen (secondary N) is 2. The number of rotatable bonds is 5. The van der Waals surface area contributed by atoms with E-state index in [-0.39, 0.29) is 10.5 Å². The quantitative estimate of drug-likeness (QED) is 0.822. The Labute approximate surface area is 119 Å². The van der Waals surface area contributed by atoms with Crippen LogP contribution in [0.2, 0.25) is 0 Å². The average Bonchev–Trinajstić information content (AvgIpc) is 2.42. The Hall–Kier alpha value is -1.02. The Bertz CT molecular complexity index is 557. The highest BCUT2D eigenvalue weighted by Crippen LogP contribution is 2.17. The standard InChI is InChI=1S/C13H20FN3O2S/c1-11-12(14)3-2-4-13(11)20(18,19)16-7-10-17-8-5-15-6-9-17/h2-4,15-16H,5-10H2,1H3. The van der Waals surface area contributed by atoms with Crippen molar-refractivity contribution in [2.45, 2.75) is 11.8 Å². The van der Waals surface area contributed by atoms with Gasteiger partial charge in [-0.25, -0.2) is 17.5 Å². The Morgan fingerprint density at radius 1 is 1.35 bits per heavy atom. The molecule has 7 heteroatoms. The Kier molecular flexibility index (Phi) is 5.09. The van der Waals surface area contributed by atoms with Crippen molar-refractivity contribution in [3.8, 4) is 0 Å². The zero-order valence-electron chi connectivity index (χ0n) is 11.5. The minimum Gasteiger partial charge on any atom is -0.314 e. The van der Waals surface area contributed by atoms with Gasteiger partial charge in [0.05, 0.1) is 4.90 Å². The van der Waals surface area contributed by atoms with Gasteiger partial charge in [-0.1, -0.05) is 6.07 Å². The normalized spacial score (nSPS) is 17.3. The van der Waals surface area contributed by atoms with E-state index in [2.05, 4.69) is 14.9 Å². The second-order valence-corrected chi connectivity index (χ2v) is 6.59. The summed E-state index contributed by atoms with van der Waals surface area (Å²) in [5.74, 6) is -0.505. The van der Waals surface area contributed by atoms with Crippen LogP contribution in [0.25, 0.3) is 0 Å². The number of benzene rings is 1. The second kappa shape index (κ2) is 6.62. The maximum absolute atomic E-state index is 13.4. The van der Waals surface area contributed by atoms with Gasteiger partial charge in [-0.15, -0.1) is 0 Å².